The van der Waals surface area contributed by atoms with Crippen LogP contribution < -0.4 is 0 Å². The molecule has 0 aliphatic carbocycles. The van der Waals surface area contributed by atoms with E-state index >= 15 is 0 Å². The first kappa shape index (κ1) is 18.0. The summed E-state index contributed by atoms with van der Waals surface area (Å²) in [4.78, 5) is 37.6. The molecule has 150 valence electrons. The number of benzene rings is 1. The largest absolute Gasteiger partial charge is 0.459 e. The summed E-state index contributed by atoms with van der Waals surface area (Å²) >= 11 is 0. The number of imidazole rings is 1. The van der Waals surface area contributed by atoms with Crippen LogP contribution in [0.1, 0.15) is 48.1 Å². The van der Waals surface area contributed by atoms with E-state index in [-0.39, 0.29) is 23.8 Å². The molecule has 0 radical (unpaired) electrons. The standard InChI is InChI=1S/C22H24N4O3/c27-21(15-9-12-25(13-10-15)22(28)19-8-4-14-29-19)26-11-3-7-18(26)20-23-16-5-1-2-6-17(16)24-20/h1-2,4-6,8,14-15,18H,3,7,9-13H2,(H,23,24). The lowest BCUT2D eigenvalue weighted by molar-refractivity contribution is -0.138. The number of rotatable bonds is 3. The Morgan fingerprint density at radius 1 is 1.03 bits per heavy atom. The molecule has 2 aliphatic rings. The lowest BCUT2D eigenvalue weighted by Gasteiger charge is -2.34. The highest BCUT2D eigenvalue weighted by atomic mass is 16.3. The van der Waals surface area contributed by atoms with E-state index in [4.69, 9.17) is 9.40 Å². The molecule has 0 bridgehead atoms. The second-order valence-corrected chi connectivity index (χ2v) is 7.87. The number of likely N-dealkylation sites (tertiary alicyclic amines) is 2. The fourth-order valence-corrected chi connectivity index (χ4v) is 4.57. The van der Waals surface area contributed by atoms with Gasteiger partial charge in [0.2, 0.25) is 5.91 Å². The summed E-state index contributed by atoms with van der Waals surface area (Å²) in [6.45, 7) is 1.93. The Labute approximate surface area is 168 Å². The number of nitrogens with zero attached hydrogens (tertiary/aromatic N) is 3. The molecule has 1 unspecified atom stereocenters. The first-order chi connectivity index (χ1) is 14.2. The van der Waals surface area contributed by atoms with Crippen LogP contribution in [0.2, 0.25) is 0 Å². The maximum atomic E-state index is 13.3. The number of amides is 2. The number of aromatic nitrogens is 2. The van der Waals surface area contributed by atoms with E-state index in [9.17, 15) is 9.59 Å². The normalized spacial score (nSPS) is 20.5. The molecule has 1 N–H and O–H groups in total. The van der Waals surface area contributed by atoms with Gasteiger partial charge in [-0.05, 0) is 49.9 Å². The summed E-state index contributed by atoms with van der Waals surface area (Å²) in [5, 5.41) is 0. The van der Waals surface area contributed by atoms with E-state index in [1.54, 1.807) is 17.0 Å². The summed E-state index contributed by atoms with van der Waals surface area (Å²) in [5.41, 5.74) is 1.94. The minimum absolute atomic E-state index is 0.0117. The van der Waals surface area contributed by atoms with Gasteiger partial charge in [0.15, 0.2) is 5.76 Å². The first-order valence-electron chi connectivity index (χ1n) is 10.3. The molecule has 2 amide bonds. The number of nitrogens with one attached hydrogen (secondary N) is 1. The highest BCUT2D eigenvalue weighted by molar-refractivity contribution is 5.91. The molecule has 2 saturated heterocycles. The third-order valence-electron chi connectivity index (χ3n) is 6.12. The van der Waals surface area contributed by atoms with Gasteiger partial charge in [-0.25, -0.2) is 4.98 Å². The molecule has 0 saturated carbocycles. The molecule has 2 aliphatic heterocycles. The Bertz CT molecular complexity index is 985. The fourth-order valence-electron chi connectivity index (χ4n) is 4.57. The zero-order valence-corrected chi connectivity index (χ0v) is 16.2. The van der Waals surface area contributed by atoms with Crippen molar-refractivity contribution >= 4 is 22.8 Å². The van der Waals surface area contributed by atoms with Crippen LogP contribution in [-0.4, -0.2) is 51.2 Å². The SMILES string of the molecule is O=C(c1ccco1)N1CCC(C(=O)N2CCCC2c2nc3ccccc3[nH]2)CC1. The number of aromatic amines is 1. The topological polar surface area (TPSA) is 82.4 Å². The second kappa shape index (κ2) is 7.39. The summed E-state index contributed by atoms with van der Waals surface area (Å²) < 4.78 is 5.22. The average molecular weight is 392 g/mol. The van der Waals surface area contributed by atoms with Gasteiger partial charge in [-0.2, -0.15) is 0 Å². The number of para-hydroxylation sites is 2. The number of hydrogen-bond donors (Lipinski definition) is 1. The van der Waals surface area contributed by atoms with Gasteiger partial charge < -0.3 is 19.2 Å². The molecule has 1 atom stereocenters. The molecule has 2 fully saturated rings. The van der Waals surface area contributed by atoms with Gasteiger partial charge in [0.25, 0.3) is 5.91 Å². The van der Waals surface area contributed by atoms with Crippen molar-refractivity contribution in [2.75, 3.05) is 19.6 Å². The van der Waals surface area contributed by atoms with Gasteiger partial charge in [0.1, 0.15) is 5.82 Å². The highest BCUT2D eigenvalue weighted by Gasteiger charge is 2.37. The van der Waals surface area contributed by atoms with Crippen LogP contribution in [0.4, 0.5) is 0 Å². The summed E-state index contributed by atoms with van der Waals surface area (Å²) in [7, 11) is 0. The van der Waals surface area contributed by atoms with Crippen molar-refractivity contribution in [1.29, 1.82) is 0 Å². The van der Waals surface area contributed by atoms with Gasteiger partial charge in [0.05, 0.1) is 23.3 Å². The molecular formula is C22H24N4O3. The van der Waals surface area contributed by atoms with Gasteiger partial charge in [-0.1, -0.05) is 12.1 Å². The third-order valence-corrected chi connectivity index (χ3v) is 6.12. The van der Waals surface area contributed by atoms with Crippen molar-refractivity contribution in [2.45, 2.75) is 31.7 Å². The molecule has 4 heterocycles. The molecule has 7 nitrogen and oxygen atoms in total. The zero-order valence-electron chi connectivity index (χ0n) is 16.2. The number of piperidine rings is 1. The van der Waals surface area contributed by atoms with Crippen molar-refractivity contribution in [3.8, 4) is 0 Å². The van der Waals surface area contributed by atoms with Crippen LogP contribution in [-0.2, 0) is 4.79 Å². The van der Waals surface area contributed by atoms with Gasteiger partial charge in [0, 0.05) is 25.6 Å². The number of H-pyrrole nitrogens is 1. The quantitative estimate of drug-likeness (QED) is 0.741. The van der Waals surface area contributed by atoms with Gasteiger partial charge >= 0.3 is 0 Å². The number of furan rings is 1. The Morgan fingerprint density at radius 2 is 1.86 bits per heavy atom. The maximum Gasteiger partial charge on any atom is 0.289 e. The van der Waals surface area contributed by atoms with Crippen molar-refractivity contribution in [1.82, 2.24) is 19.8 Å². The van der Waals surface area contributed by atoms with Gasteiger partial charge in [-0.15, -0.1) is 0 Å². The fraction of sp³-hybridized carbons (Fsp3) is 0.409. The third kappa shape index (κ3) is 3.30. The minimum Gasteiger partial charge on any atom is -0.459 e. The van der Waals surface area contributed by atoms with E-state index in [0.717, 1.165) is 36.2 Å². The summed E-state index contributed by atoms with van der Waals surface area (Å²) in [5.74, 6) is 1.29. The molecule has 7 heteroatoms. The minimum atomic E-state index is -0.0952. The van der Waals surface area contributed by atoms with Crippen LogP contribution in [0.3, 0.4) is 0 Å². The lowest BCUT2D eigenvalue weighted by Crippen LogP contribution is -2.44. The van der Waals surface area contributed by atoms with Crippen molar-refractivity contribution in [2.24, 2.45) is 5.92 Å². The zero-order chi connectivity index (χ0) is 19.8. The van der Waals surface area contributed by atoms with Crippen molar-refractivity contribution in [3.05, 3.63) is 54.2 Å². The summed E-state index contributed by atoms with van der Waals surface area (Å²) in [6, 6.07) is 11.4. The van der Waals surface area contributed by atoms with Crippen LogP contribution in [0.5, 0.6) is 0 Å². The predicted octanol–water partition coefficient (Wildman–Crippen LogP) is 3.37. The van der Waals surface area contributed by atoms with Crippen LogP contribution >= 0.6 is 0 Å². The van der Waals surface area contributed by atoms with E-state index < -0.39 is 0 Å². The molecule has 0 spiro atoms. The monoisotopic (exact) mass is 392 g/mol. The van der Waals surface area contributed by atoms with E-state index in [0.29, 0.717) is 31.7 Å². The summed E-state index contributed by atoms with van der Waals surface area (Å²) in [6.07, 6.45) is 4.81. The number of carbonyl (C=O) groups excluding carboxylic acids is 2. The average Bonchev–Trinajstić information content (AvgIpc) is 3.52. The van der Waals surface area contributed by atoms with Crippen LogP contribution in [0, 0.1) is 5.92 Å². The first-order valence-corrected chi connectivity index (χ1v) is 10.3. The molecule has 2 aromatic heterocycles. The lowest BCUT2D eigenvalue weighted by atomic mass is 9.94. The Morgan fingerprint density at radius 3 is 2.62 bits per heavy atom. The molecule has 5 rings (SSSR count). The predicted molar refractivity (Wildman–Crippen MR) is 107 cm³/mol. The Hall–Kier alpha value is -3.09. The smallest absolute Gasteiger partial charge is 0.289 e. The number of hydrogen-bond acceptors (Lipinski definition) is 4. The van der Waals surface area contributed by atoms with Gasteiger partial charge in [-0.3, -0.25) is 9.59 Å². The van der Waals surface area contributed by atoms with Crippen molar-refractivity contribution in [3.63, 3.8) is 0 Å². The van der Waals surface area contributed by atoms with Crippen molar-refractivity contribution < 1.29 is 14.0 Å². The van der Waals surface area contributed by atoms with E-state index in [1.165, 1.54) is 6.26 Å². The van der Waals surface area contributed by atoms with E-state index in [2.05, 4.69) is 4.98 Å². The molecule has 1 aromatic carbocycles. The van der Waals surface area contributed by atoms with Crippen LogP contribution in [0.25, 0.3) is 11.0 Å². The Balaban J connectivity index is 1.26. The molecule has 29 heavy (non-hydrogen) atoms. The number of carbonyl (C=O) groups is 2. The Kier molecular flexibility index (Phi) is 4.58. The van der Waals surface area contributed by atoms with E-state index in [1.807, 2.05) is 29.2 Å². The maximum absolute atomic E-state index is 13.3. The molecular weight excluding hydrogens is 368 g/mol. The van der Waals surface area contributed by atoms with Crippen LogP contribution in [0.15, 0.2) is 47.1 Å². The second-order valence-electron chi connectivity index (χ2n) is 7.87. The molecule has 3 aromatic rings. The number of fused-ring (bicyclic) bond motifs is 1. The highest BCUT2D eigenvalue weighted by Crippen LogP contribution is 2.34.